The quantitative estimate of drug-likeness (QED) is 0.922. The van der Waals surface area contributed by atoms with Crippen LogP contribution < -0.4 is 10.5 Å². The van der Waals surface area contributed by atoms with Crippen molar-refractivity contribution in [2.45, 2.75) is 26.0 Å². The Balaban J connectivity index is 2.22. The molecule has 2 rings (SSSR count). The molecular weight excluding hydrogens is 260 g/mol. The van der Waals surface area contributed by atoms with Crippen molar-refractivity contribution in [3.63, 3.8) is 0 Å². The van der Waals surface area contributed by atoms with E-state index in [1.807, 2.05) is 13.8 Å². The first-order chi connectivity index (χ1) is 9.47. The third kappa shape index (κ3) is 3.33. The van der Waals surface area contributed by atoms with Crippen molar-refractivity contribution in [2.24, 2.45) is 5.73 Å². The van der Waals surface area contributed by atoms with Gasteiger partial charge in [-0.1, -0.05) is 18.2 Å². The highest BCUT2D eigenvalue weighted by Crippen LogP contribution is 2.24. The van der Waals surface area contributed by atoms with Crippen molar-refractivity contribution >= 4 is 0 Å². The number of rotatable bonds is 4. The van der Waals surface area contributed by atoms with Gasteiger partial charge in [-0.3, -0.25) is 0 Å². The fourth-order valence-electron chi connectivity index (χ4n) is 1.96. The van der Waals surface area contributed by atoms with Crippen LogP contribution in [0.15, 0.2) is 42.5 Å². The maximum Gasteiger partial charge on any atom is 0.131 e. The molecule has 0 aliphatic heterocycles. The zero-order chi connectivity index (χ0) is 14.7. The van der Waals surface area contributed by atoms with Gasteiger partial charge in [0.05, 0.1) is 12.1 Å². The van der Waals surface area contributed by atoms with E-state index < -0.39 is 17.7 Å². The summed E-state index contributed by atoms with van der Waals surface area (Å²) in [7, 11) is 0. The summed E-state index contributed by atoms with van der Waals surface area (Å²) in [5, 5.41) is 0. The molecule has 0 spiro atoms. The lowest BCUT2D eigenvalue weighted by atomic mass is 9.99. The molecule has 0 heterocycles. The van der Waals surface area contributed by atoms with Crippen LogP contribution in [0.3, 0.4) is 0 Å². The summed E-state index contributed by atoms with van der Waals surface area (Å²) in [6, 6.07) is 9.92. The molecular formula is C16H17F2NO. The summed E-state index contributed by atoms with van der Waals surface area (Å²) in [4.78, 5) is 0. The summed E-state index contributed by atoms with van der Waals surface area (Å²) in [6.45, 7) is 3.88. The summed E-state index contributed by atoms with van der Waals surface area (Å²) in [6.07, 6.45) is 0.0871. The number of nitrogens with two attached hydrogens (primary N) is 1. The first-order valence-corrected chi connectivity index (χ1v) is 6.44. The second-order valence-corrected chi connectivity index (χ2v) is 4.88. The second kappa shape index (κ2) is 6.01. The van der Waals surface area contributed by atoms with E-state index >= 15 is 0 Å². The lowest BCUT2D eigenvalue weighted by molar-refractivity contribution is 0.242. The maximum absolute atomic E-state index is 13.7. The molecule has 0 saturated heterocycles. The van der Waals surface area contributed by atoms with E-state index in [1.54, 1.807) is 24.3 Å². The predicted octanol–water partition coefficient (Wildman–Crippen LogP) is 3.80. The highest BCUT2D eigenvalue weighted by molar-refractivity contribution is 5.35. The van der Waals surface area contributed by atoms with Crippen LogP contribution in [0.25, 0.3) is 0 Å². The van der Waals surface area contributed by atoms with Gasteiger partial charge in [0.15, 0.2) is 0 Å². The molecule has 2 nitrogen and oxygen atoms in total. The van der Waals surface area contributed by atoms with Crippen molar-refractivity contribution in [3.8, 4) is 5.75 Å². The maximum atomic E-state index is 13.7. The molecule has 2 aromatic rings. The third-order valence-corrected chi connectivity index (χ3v) is 2.91. The fraction of sp³-hybridized carbons (Fsp3) is 0.250. The van der Waals surface area contributed by atoms with E-state index in [0.717, 1.165) is 17.4 Å². The molecule has 0 saturated carbocycles. The van der Waals surface area contributed by atoms with Gasteiger partial charge in [0, 0.05) is 11.6 Å². The molecule has 20 heavy (non-hydrogen) atoms. The average Bonchev–Trinajstić information content (AvgIpc) is 2.38. The van der Waals surface area contributed by atoms with Crippen LogP contribution >= 0.6 is 0 Å². The Morgan fingerprint density at radius 2 is 1.65 bits per heavy atom. The molecule has 1 unspecified atom stereocenters. The van der Waals surface area contributed by atoms with E-state index in [4.69, 9.17) is 10.5 Å². The van der Waals surface area contributed by atoms with Gasteiger partial charge in [-0.05, 0) is 37.6 Å². The molecule has 0 bridgehead atoms. The standard InChI is InChI=1S/C16H17F2NO/c1-10(2)20-13-6-3-11(4-7-13)16(19)14-8-5-12(17)9-15(14)18/h3-10,16H,19H2,1-2H3. The first-order valence-electron chi connectivity index (χ1n) is 6.44. The van der Waals surface area contributed by atoms with Crippen LogP contribution in [0, 0.1) is 11.6 Å². The van der Waals surface area contributed by atoms with E-state index in [9.17, 15) is 8.78 Å². The van der Waals surface area contributed by atoms with Crippen LogP contribution in [0.2, 0.25) is 0 Å². The van der Waals surface area contributed by atoms with Crippen molar-refractivity contribution in [1.29, 1.82) is 0 Å². The van der Waals surface area contributed by atoms with Crippen LogP contribution in [0.4, 0.5) is 8.78 Å². The minimum atomic E-state index is -0.639. The molecule has 1 atom stereocenters. The lowest BCUT2D eigenvalue weighted by Crippen LogP contribution is -2.14. The van der Waals surface area contributed by atoms with Crippen LogP contribution in [0.5, 0.6) is 5.75 Å². The van der Waals surface area contributed by atoms with Gasteiger partial charge in [0.1, 0.15) is 17.4 Å². The van der Waals surface area contributed by atoms with Crippen LogP contribution in [-0.4, -0.2) is 6.10 Å². The van der Waals surface area contributed by atoms with Gasteiger partial charge in [-0.25, -0.2) is 8.78 Å². The fourth-order valence-corrected chi connectivity index (χ4v) is 1.96. The van der Waals surface area contributed by atoms with Gasteiger partial charge < -0.3 is 10.5 Å². The van der Waals surface area contributed by atoms with Gasteiger partial charge in [0.25, 0.3) is 0 Å². The summed E-state index contributed by atoms with van der Waals surface area (Å²) in [5.41, 5.74) is 7.03. The van der Waals surface area contributed by atoms with Gasteiger partial charge in [-0.15, -0.1) is 0 Å². The number of hydrogen-bond donors (Lipinski definition) is 1. The molecule has 2 aromatic carbocycles. The normalized spacial score (nSPS) is 12.5. The van der Waals surface area contributed by atoms with Crippen molar-refractivity contribution in [2.75, 3.05) is 0 Å². The highest BCUT2D eigenvalue weighted by atomic mass is 19.1. The van der Waals surface area contributed by atoms with E-state index in [1.165, 1.54) is 12.1 Å². The summed E-state index contributed by atoms with van der Waals surface area (Å²) < 4.78 is 32.1. The van der Waals surface area contributed by atoms with Crippen molar-refractivity contribution in [1.82, 2.24) is 0 Å². The molecule has 4 heteroatoms. The number of hydrogen-bond acceptors (Lipinski definition) is 2. The average molecular weight is 277 g/mol. The predicted molar refractivity (Wildman–Crippen MR) is 74.6 cm³/mol. The van der Waals surface area contributed by atoms with Crippen molar-refractivity contribution < 1.29 is 13.5 Å². The Hall–Kier alpha value is -1.94. The summed E-state index contributed by atoms with van der Waals surface area (Å²) >= 11 is 0. The second-order valence-electron chi connectivity index (χ2n) is 4.88. The number of halogens is 2. The monoisotopic (exact) mass is 277 g/mol. The Kier molecular flexibility index (Phi) is 4.35. The highest BCUT2D eigenvalue weighted by Gasteiger charge is 2.14. The molecule has 2 N–H and O–H groups in total. The van der Waals surface area contributed by atoms with Gasteiger partial charge in [-0.2, -0.15) is 0 Å². The zero-order valence-corrected chi connectivity index (χ0v) is 11.4. The Morgan fingerprint density at radius 1 is 1.00 bits per heavy atom. The minimum Gasteiger partial charge on any atom is -0.491 e. The molecule has 0 aliphatic carbocycles. The lowest BCUT2D eigenvalue weighted by Gasteiger charge is -2.15. The molecule has 0 aromatic heterocycles. The molecule has 0 fully saturated rings. The van der Waals surface area contributed by atoms with E-state index in [0.29, 0.717) is 0 Å². The smallest absolute Gasteiger partial charge is 0.131 e. The van der Waals surface area contributed by atoms with Gasteiger partial charge >= 0.3 is 0 Å². The zero-order valence-electron chi connectivity index (χ0n) is 11.4. The third-order valence-electron chi connectivity index (χ3n) is 2.91. The molecule has 0 radical (unpaired) electrons. The van der Waals surface area contributed by atoms with E-state index in [-0.39, 0.29) is 11.7 Å². The number of ether oxygens (including phenoxy) is 1. The largest absolute Gasteiger partial charge is 0.491 e. The van der Waals surface area contributed by atoms with Crippen LogP contribution in [0.1, 0.15) is 31.0 Å². The van der Waals surface area contributed by atoms with Crippen molar-refractivity contribution in [3.05, 3.63) is 65.2 Å². The Bertz CT molecular complexity index is 582. The first kappa shape index (κ1) is 14.5. The molecule has 0 amide bonds. The SMILES string of the molecule is CC(C)Oc1ccc(C(N)c2ccc(F)cc2F)cc1. The topological polar surface area (TPSA) is 35.2 Å². The molecule has 0 aliphatic rings. The molecule has 106 valence electrons. The van der Waals surface area contributed by atoms with E-state index in [2.05, 4.69) is 0 Å². The Morgan fingerprint density at radius 3 is 2.20 bits per heavy atom. The summed E-state index contributed by atoms with van der Waals surface area (Å²) in [5.74, 6) is -0.519. The Labute approximate surface area is 117 Å². The minimum absolute atomic E-state index is 0.0871. The van der Waals surface area contributed by atoms with Crippen LogP contribution in [-0.2, 0) is 0 Å². The van der Waals surface area contributed by atoms with Gasteiger partial charge in [0.2, 0.25) is 0 Å². The number of benzene rings is 2.